The molecule has 8 heteroatoms. The lowest BCUT2D eigenvalue weighted by Crippen LogP contribution is -2.02. The highest BCUT2D eigenvalue weighted by Crippen LogP contribution is 2.31. The number of thiophene rings is 1. The Labute approximate surface area is 141 Å². The van der Waals surface area contributed by atoms with E-state index in [2.05, 4.69) is 26.7 Å². The van der Waals surface area contributed by atoms with Crippen LogP contribution in [0.3, 0.4) is 0 Å². The van der Waals surface area contributed by atoms with Gasteiger partial charge in [-0.2, -0.15) is 0 Å². The van der Waals surface area contributed by atoms with Gasteiger partial charge in [0.25, 0.3) is 0 Å². The molecule has 118 valence electrons. The third-order valence-electron chi connectivity index (χ3n) is 3.12. The predicted octanol–water partition coefficient (Wildman–Crippen LogP) is 3.84. The van der Waals surface area contributed by atoms with Crippen molar-refractivity contribution in [3.8, 4) is 10.7 Å². The van der Waals surface area contributed by atoms with Gasteiger partial charge in [0.1, 0.15) is 11.4 Å². The van der Waals surface area contributed by atoms with Gasteiger partial charge in [-0.3, -0.25) is 4.57 Å². The molecule has 0 aromatic carbocycles. The second-order valence-corrected chi connectivity index (χ2v) is 6.48. The van der Waals surface area contributed by atoms with Gasteiger partial charge in [-0.25, -0.2) is 14.4 Å². The van der Waals surface area contributed by atoms with Gasteiger partial charge in [-0.1, -0.05) is 19.1 Å². The first kappa shape index (κ1) is 15.8. The molecule has 0 bridgehead atoms. The fourth-order valence-corrected chi connectivity index (χ4v) is 3.59. The summed E-state index contributed by atoms with van der Waals surface area (Å²) in [7, 11) is 0. The van der Waals surface area contributed by atoms with Crippen molar-refractivity contribution in [2.45, 2.75) is 30.1 Å². The van der Waals surface area contributed by atoms with Crippen molar-refractivity contribution in [2.75, 3.05) is 0 Å². The van der Waals surface area contributed by atoms with E-state index >= 15 is 0 Å². The molecule has 0 radical (unpaired) electrons. The van der Waals surface area contributed by atoms with Crippen molar-refractivity contribution in [1.29, 1.82) is 0 Å². The maximum Gasteiger partial charge on any atom is 0.198 e. The molecule has 5 nitrogen and oxygen atoms in total. The van der Waals surface area contributed by atoms with E-state index in [0.29, 0.717) is 23.8 Å². The van der Waals surface area contributed by atoms with Crippen molar-refractivity contribution in [1.82, 2.24) is 24.7 Å². The molecule has 0 aliphatic carbocycles. The van der Waals surface area contributed by atoms with Crippen molar-refractivity contribution in [3.63, 3.8) is 0 Å². The van der Waals surface area contributed by atoms with E-state index in [1.165, 1.54) is 6.33 Å². The molecule has 0 saturated heterocycles. The molecule has 0 aliphatic rings. The van der Waals surface area contributed by atoms with Crippen LogP contribution >= 0.6 is 23.1 Å². The van der Waals surface area contributed by atoms with Crippen molar-refractivity contribution < 1.29 is 4.39 Å². The normalized spacial score (nSPS) is 10.9. The van der Waals surface area contributed by atoms with Gasteiger partial charge in [-0.05, 0) is 29.6 Å². The summed E-state index contributed by atoms with van der Waals surface area (Å²) in [5.41, 5.74) is 0.399. The highest BCUT2D eigenvalue weighted by molar-refractivity contribution is 7.99. The molecule has 0 atom stereocenters. The van der Waals surface area contributed by atoms with Crippen LogP contribution in [-0.4, -0.2) is 24.7 Å². The molecule has 0 saturated carbocycles. The molecule has 3 heterocycles. The average molecular weight is 347 g/mol. The van der Waals surface area contributed by atoms with Gasteiger partial charge < -0.3 is 0 Å². The van der Waals surface area contributed by atoms with E-state index in [1.807, 2.05) is 29.0 Å². The fourth-order valence-electron chi connectivity index (χ4n) is 2.04. The van der Waals surface area contributed by atoms with Crippen LogP contribution in [0.25, 0.3) is 10.7 Å². The fraction of sp³-hybridized carbons (Fsp3) is 0.200. The number of hydrogen-bond donors (Lipinski definition) is 0. The number of allylic oxidation sites excluding steroid dienone is 1. The lowest BCUT2D eigenvalue weighted by Gasteiger charge is -2.07. The van der Waals surface area contributed by atoms with E-state index in [-0.39, 0.29) is 5.03 Å². The minimum Gasteiger partial charge on any atom is -0.297 e. The highest BCUT2D eigenvalue weighted by atomic mass is 32.2. The number of halogens is 1. The Morgan fingerprint density at radius 3 is 2.96 bits per heavy atom. The lowest BCUT2D eigenvalue weighted by atomic mass is 10.3. The minimum atomic E-state index is -0.397. The number of hydrogen-bond acceptors (Lipinski definition) is 6. The van der Waals surface area contributed by atoms with E-state index in [1.54, 1.807) is 17.4 Å². The maximum absolute atomic E-state index is 14.3. The lowest BCUT2D eigenvalue weighted by molar-refractivity contribution is 0.558. The number of rotatable bonds is 6. The van der Waals surface area contributed by atoms with Gasteiger partial charge in [-0.15, -0.1) is 28.1 Å². The maximum atomic E-state index is 14.3. The van der Waals surface area contributed by atoms with Crippen molar-refractivity contribution >= 4 is 23.1 Å². The monoisotopic (exact) mass is 347 g/mol. The summed E-state index contributed by atoms with van der Waals surface area (Å²) in [6.45, 7) is 6.16. The van der Waals surface area contributed by atoms with E-state index < -0.39 is 5.82 Å². The van der Waals surface area contributed by atoms with Gasteiger partial charge in [0.05, 0.1) is 10.6 Å². The predicted molar refractivity (Wildman–Crippen MR) is 89.0 cm³/mol. The molecular formula is C15H14FN5S2. The van der Waals surface area contributed by atoms with Crippen LogP contribution in [0, 0.1) is 5.82 Å². The van der Waals surface area contributed by atoms with Gasteiger partial charge in [0, 0.05) is 6.54 Å². The quantitative estimate of drug-likeness (QED) is 0.501. The van der Waals surface area contributed by atoms with Crippen LogP contribution in [0.2, 0.25) is 0 Å². The molecule has 0 amide bonds. The summed E-state index contributed by atoms with van der Waals surface area (Å²) in [5.74, 6) is 0.346. The van der Waals surface area contributed by atoms with Crippen LogP contribution in [-0.2, 0) is 13.0 Å². The van der Waals surface area contributed by atoms with Crippen LogP contribution in [0.15, 0.2) is 46.7 Å². The molecule has 0 N–H and O–H groups in total. The second-order valence-electron chi connectivity index (χ2n) is 4.58. The van der Waals surface area contributed by atoms with E-state index in [4.69, 9.17) is 0 Å². The summed E-state index contributed by atoms with van der Waals surface area (Å²) in [6.07, 6.45) is 3.65. The van der Waals surface area contributed by atoms with Crippen molar-refractivity contribution in [3.05, 3.63) is 48.0 Å². The summed E-state index contributed by atoms with van der Waals surface area (Å²) in [4.78, 5) is 8.98. The van der Waals surface area contributed by atoms with Crippen LogP contribution < -0.4 is 0 Å². The Morgan fingerprint density at radius 1 is 1.39 bits per heavy atom. The first-order valence-electron chi connectivity index (χ1n) is 6.99. The minimum absolute atomic E-state index is 0.257. The Morgan fingerprint density at radius 2 is 2.26 bits per heavy atom. The first-order valence-corrected chi connectivity index (χ1v) is 8.69. The largest absolute Gasteiger partial charge is 0.297 e. The standard InChI is InChI=1S/C15H14FN5S2/c1-3-7-21-13(11-6-5-8-22-11)19-20-15(21)23-14-12(16)10(4-2)17-9-18-14/h3,5-6,8-9H,1,4,7H2,2H3. The van der Waals surface area contributed by atoms with Gasteiger partial charge in [0.2, 0.25) is 0 Å². The molecule has 0 spiro atoms. The summed E-state index contributed by atoms with van der Waals surface area (Å²) >= 11 is 2.73. The topological polar surface area (TPSA) is 56.5 Å². The van der Waals surface area contributed by atoms with Gasteiger partial charge in [0.15, 0.2) is 16.8 Å². The second kappa shape index (κ2) is 7.01. The number of aromatic nitrogens is 5. The molecule has 0 unspecified atom stereocenters. The molecule has 3 aromatic rings. The van der Waals surface area contributed by atoms with Crippen molar-refractivity contribution in [2.24, 2.45) is 0 Å². The Bertz CT molecular complexity index is 813. The zero-order valence-corrected chi connectivity index (χ0v) is 14.1. The average Bonchev–Trinajstić information content (AvgIpc) is 3.20. The number of nitrogens with zero attached hydrogens (tertiary/aromatic N) is 5. The Kier molecular flexibility index (Phi) is 4.82. The van der Waals surface area contributed by atoms with Crippen LogP contribution in [0.4, 0.5) is 4.39 Å². The third kappa shape index (κ3) is 3.18. The smallest absolute Gasteiger partial charge is 0.198 e. The van der Waals surface area contributed by atoms with E-state index in [0.717, 1.165) is 22.5 Å². The zero-order valence-electron chi connectivity index (χ0n) is 12.4. The third-order valence-corrected chi connectivity index (χ3v) is 4.95. The summed E-state index contributed by atoms with van der Waals surface area (Å²) < 4.78 is 16.2. The number of aryl methyl sites for hydroxylation is 1. The van der Waals surface area contributed by atoms with Gasteiger partial charge >= 0.3 is 0 Å². The molecule has 3 aromatic heterocycles. The Hall–Kier alpha value is -2.06. The van der Waals surface area contributed by atoms with Crippen LogP contribution in [0.1, 0.15) is 12.6 Å². The SMILES string of the molecule is C=CCn1c(Sc2ncnc(CC)c2F)nnc1-c1cccs1. The zero-order chi connectivity index (χ0) is 16.2. The Balaban J connectivity index is 1.99. The van der Waals surface area contributed by atoms with E-state index in [9.17, 15) is 4.39 Å². The molecule has 3 rings (SSSR count). The molecule has 0 fully saturated rings. The van der Waals surface area contributed by atoms with Crippen LogP contribution in [0.5, 0.6) is 0 Å². The molecule has 23 heavy (non-hydrogen) atoms. The molecule has 0 aliphatic heterocycles. The summed E-state index contributed by atoms with van der Waals surface area (Å²) in [5, 5.41) is 11.2. The molecular weight excluding hydrogens is 333 g/mol. The summed E-state index contributed by atoms with van der Waals surface area (Å²) in [6, 6.07) is 3.93. The first-order chi connectivity index (χ1) is 11.2. The highest BCUT2D eigenvalue weighted by Gasteiger charge is 2.18.